The topological polar surface area (TPSA) is 58.1 Å². The fraction of sp³-hybridized carbons (Fsp3) is 0.667. The zero-order valence-corrected chi connectivity index (χ0v) is 17.4. The van der Waals surface area contributed by atoms with Crippen molar-refractivity contribution in [2.75, 3.05) is 47.4 Å². The lowest BCUT2D eigenvalue weighted by Gasteiger charge is -2.33. The summed E-state index contributed by atoms with van der Waals surface area (Å²) in [6.45, 7) is 6.47. The molecule has 1 aliphatic rings. The largest absolute Gasteiger partial charge is 0.497 e. The highest BCUT2D eigenvalue weighted by Gasteiger charge is 2.17. The van der Waals surface area contributed by atoms with E-state index in [4.69, 9.17) is 9.47 Å². The first-order chi connectivity index (χ1) is 13.2. The van der Waals surface area contributed by atoms with E-state index in [0.29, 0.717) is 0 Å². The fourth-order valence-electron chi connectivity index (χ4n) is 3.59. The van der Waals surface area contributed by atoms with Crippen LogP contribution in [-0.4, -0.2) is 64.3 Å². The molecule has 152 valence electrons. The monoisotopic (exact) mass is 376 g/mol. The lowest BCUT2D eigenvalue weighted by atomic mass is 10.0. The molecule has 1 aromatic rings. The molecule has 1 saturated heterocycles. The van der Waals surface area contributed by atoms with Gasteiger partial charge in [-0.1, -0.05) is 6.42 Å². The molecule has 0 spiro atoms. The summed E-state index contributed by atoms with van der Waals surface area (Å²) in [6.07, 6.45) is 6.03. The third-order valence-corrected chi connectivity index (χ3v) is 5.25. The molecule has 2 rings (SSSR count). The second-order valence-electron chi connectivity index (χ2n) is 7.09. The van der Waals surface area contributed by atoms with Crippen molar-refractivity contribution >= 4 is 5.96 Å². The number of benzene rings is 1. The average Bonchev–Trinajstić information content (AvgIpc) is 2.70. The quantitative estimate of drug-likeness (QED) is 0.394. The molecule has 1 unspecified atom stereocenters. The Hall–Kier alpha value is -1.95. The van der Waals surface area contributed by atoms with Crippen LogP contribution >= 0.6 is 0 Å². The minimum absolute atomic E-state index is 0.731. The van der Waals surface area contributed by atoms with E-state index in [-0.39, 0.29) is 0 Å². The second kappa shape index (κ2) is 11.7. The highest BCUT2D eigenvalue weighted by atomic mass is 16.5. The van der Waals surface area contributed by atoms with Gasteiger partial charge in [0.1, 0.15) is 11.5 Å². The zero-order chi connectivity index (χ0) is 19.5. The van der Waals surface area contributed by atoms with Gasteiger partial charge in [0.2, 0.25) is 0 Å². The lowest BCUT2D eigenvalue weighted by molar-refractivity contribution is 0.159. The van der Waals surface area contributed by atoms with E-state index in [2.05, 4.69) is 27.4 Å². The van der Waals surface area contributed by atoms with E-state index < -0.39 is 0 Å². The molecule has 6 nitrogen and oxygen atoms in total. The molecule has 1 aromatic carbocycles. The number of guanidine groups is 1. The normalized spacial score (nSPS) is 18.2. The number of hydrogen-bond acceptors (Lipinski definition) is 4. The summed E-state index contributed by atoms with van der Waals surface area (Å²) in [5.74, 6) is 2.58. The molecule has 27 heavy (non-hydrogen) atoms. The van der Waals surface area contributed by atoms with Gasteiger partial charge in [0.25, 0.3) is 0 Å². The van der Waals surface area contributed by atoms with E-state index in [1.807, 2.05) is 25.2 Å². The molecular weight excluding hydrogens is 340 g/mol. The lowest BCUT2D eigenvalue weighted by Crippen LogP contribution is -2.41. The van der Waals surface area contributed by atoms with Crippen LogP contribution in [0.2, 0.25) is 0 Å². The van der Waals surface area contributed by atoms with Crippen molar-refractivity contribution in [3.8, 4) is 11.5 Å². The number of methoxy groups -OCH3 is 2. The molecular formula is C21H36N4O2. The van der Waals surface area contributed by atoms with Crippen molar-refractivity contribution in [2.45, 2.75) is 45.1 Å². The molecule has 0 aliphatic carbocycles. The molecule has 1 fully saturated rings. The van der Waals surface area contributed by atoms with Crippen LogP contribution < -0.4 is 20.1 Å². The Morgan fingerprint density at radius 2 is 2.00 bits per heavy atom. The highest BCUT2D eigenvalue weighted by molar-refractivity contribution is 5.79. The van der Waals surface area contributed by atoms with Crippen LogP contribution in [0.3, 0.4) is 0 Å². The van der Waals surface area contributed by atoms with Gasteiger partial charge in [-0.3, -0.25) is 4.99 Å². The van der Waals surface area contributed by atoms with Gasteiger partial charge in [-0.05, 0) is 62.9 Å². The number of nitrogens with one attached hydrogen (secondary N) is 2. The molecule has 0 aromatic heterocycles. The highest BCUT2D eigenvalue weighted by Crippen LogP contribution is 2.24. The minimum Gasteiger partial charge on any atom is -0.497 e. The van der Waals surface area contributed by atoms with Gasteiger partial charge in [0, 0.05) is 32.7 Å². The molecule has 6 heteroatoms. The van der Waals surface area contributed by atoms with Crippen LogP contribution in [-0.2, 0) is 6.42 Å². The predicted octanol–water partition coefficient (Wildman–Crippen LogP) is 2.68. The van der Waals surface area contributed by atoms with Gasteiger partial charge >= 0.3 is 0 Å². The molecule has 1 atom stereocenters. The van der Waals surface area contributed by atoms with Crippen molar-refractivity contribution < 1.29 is 9.47 Å². The molecule has 0 radical (unpaired) electrons. The number of ether oxygens (including phenoxy) is 2. The molecule has 1 heterocycles. The summed E-state index contributed by atoms with van der Waals surface area (Å²) in [5.41, 5.74) is 1.12. The van der Waals surface area contributed by atoms with Crippen LogP contribution in [0.1, 0.15) is 38.2 Å². The van der Waals surface area contributed by atoms with E-state index >= 15 is 0 Å². The van der Waals surface area contributed by atoms with E-state index in [1.54, 1.807) is 14.2 Å². The Morgan fingerprint density at radius 1 is 1.19 bits per heavy atom. The number of nitrogens with zero attached hydrogens (tertiary/aromatic N) is 2. The van der Waals surface area contributed by atoms with Gasteiger partial charge in [-0.15, -0.1) is 0 Å². The summed E-state index contributed by atoms with van der Waals surface area (Å²) >= 11 is 0. The number of rotatable bonds is 9. The van der Waals surface area contributed by atoms with Crippen molar-refractivity contribution in [2.24, 2.45) is 4.99 Å². The molecule has 0 amide bonds. The average molecular weight is 377 g/mol. The van der Waals surface area contributed by atoms with Gasteiger partial charge in [0.05, 0.1) is 14.2 Å². The Kier molecular flexibility index (Phi) is 9.25. The molecule has 0 bridgehead atoms. The van der Waals surface area contributed by atoms with Crippen molar-refractivity contribution in [3.63, 3.8) is 0 Å². The third-order valence-electron chi connectivity index (χ3n) is 5.25. The van der Waals surface area contributed by atoms with Crippen LogP contribution in [0.5, 0.6) is 11.5 Å². The van der Waals surface area contributed by atoms with Gasteiger partial charge in [-0.2, -0.15) is 0 Å². The second-order valence-corrected chi connectivity index (χ2v) is 7.09. The number of likely N-dealkylation sites (tertiary alicyclic amines) is 1. The van der Waals surface area contributed by atoms with Gasteiger partial charge < -0.3 is 25.0 Å². The molecule has 1 aliphatic heterocycles. The Bertz CT molecular complexity index is 592. The number of aliphatic imine (C=N–C) groups is 1. The van der Waals surface area contributed by atoms with Crippen LogP contribution in [0.25, 0.3) is 0 Å². The van der Waals surface area contributed by atoms with Gasteiger partial charge in [0.15, 0.2) is 5.96 Å². The van der Waals surface area contributed by atoms with Gasteiger partial charge in [-0.25, -0.2) is 0 Å². The Morgan fingerprint density at radius 3 is 2.70 bits per heavy atom. The van der Waals surface area contributed by atoms with Crippen molar-refractivity contribution in [1.29, 1.82) is 0 Å². The van der Waals surface area contributed by atoms with E-state index in [1.165, 1.54) is 25.8 Å². The first-order valence-corrected chi connectivity index (χ1v) is 10.1. The van der Waals surface area contributed by atoms with Crippen molar-refractivity contribution in [1.82, 2.24) is 15.5 Å². The van der Waals surface area contributed by atoms with Crippen LogP contribution in [0.15, 0.2) is 23.2 Å². The standard InChI is InChI=1S/C21H36N4O2/c1-17-8-5-6-14-25(17)15-7-12-23-21(22-2)24-13-11-18-16-19(26-3)9-10-20(18)27-4/h9-10,16-17H,5-8,11-15H2,1-4H3,(H2,22,23,24). The molecule has 2 N–H and O–H groups in total. The van der Waals surface area contributed by atoms with E-state index in [0.717, 1.165) is 61.5 Å². The van der Waals surface area contributed by atoms with Crippen molar-refractivity contribution in [3.05, 3.63) is 23.8 Å². The maximum Gasteiger partial charge on any atom is 0.190 e. The summed E-state index contributed by atoms with van der Waals surface area (Å²) < 4.78 is 10.8. The van der Waals surface area contributed by atoms with E-state index in [9.17, 15) is 0 Å². The zero-order valence-electron chi connectivity index (χ0n) is 17.4. The third kappa shape index (κ3) is 6.94. The Balaban J connectivity index is 1.69. The number of hydrogen-bond donors (Lipinski definition) is 2. The maximum absolute atomic E-state index is 5.44. The summed E-state index contributed by atoms with van der Waals surface area (Å²) in [4.78, 5) is 6.93. The summed E-state index contributed by atoms with van der Waals surface area (Å²) in [6, 6.07) is 6.62. The molecule has 0 saturated carbocycles. The van der Waals surface area contributed by atoms with Crippen LogP contribution in [0.4, 0.5) is 0 Å². The maximum atomic E-state index is 5.44. The first-order valence-electron chi connectivity index (χ1n) is 10.1. The first kappa shape index (κ1) is 21.4. The predicted molar refractivity (Wildman–Crippen MR) is 112 cm³/mol. The smallest absolute Gasteiger partial charge is 0.190 e. The summed E-state index contributed by atoms with van der Waals surface area (Å²) in [5, 5.41) is 6.80. The summed E-state index contributed by atoms with van der Waals surface area (Å²) in [7, 11) is 5.19. The Labute approximate surface area is 164 Å². The fourth-order valence-corrected chi connectivity index (χ4v) is 3.59. The van der Waals surface area contributed by atoms with Crippen LogP contribution in [0, 0.1) is 0 Å². The minimum atomic E-state index is 0.731. The number of piperidine rings is 1. The SMILES string of the molecule is CN=C(NCCCN1CCCCC1C)NCCc1cc(OC)ccc1OC.